The van der Waals surface area contributed by atoms with Crippen LogP contribution in [0, 0.1) is 0 Å². The number of thioether (sulfide) groups is 1. The fourth-order valence-electron chi connectivity index (χ4n) is 2.10. The van der Waals surface area contributed by atoms with Crippen LogP contribution in [0.1, 0.15) is 11.1 Å². The minimum atomic E-state index is -0.221. The molecule has 2 aromatic rings. The molecule has 0 aromatic heterocycles. The molecule has 0 aliphatic carbocycles. The van der Waals surface area contributed by atoms with Crippen LogP contribution in [0.3, 0.4) is 0 Å². The van der Waals surface area contributed by atoms with Crippen molar-refractivity contribution in [3.05, 3.63) is 68.5 Å². The molecular formula is C17H11Cl2NO2S2. The van der Waals surface area contributed by atoms with E-state index in [1.165, 1.54) is 11.8 Å². The molecule has 0 spiro atoms. The lowest BCUT2D eigenvalue weighted by atomic mass is 10.2. The second-order valence-corrected chi connectivity index (χ2v) is 7.47. The van der Waals surface area contributed by atoms with Crippen molar-refractivity contribution in [1.29, 1.82) is 0 Å². The molecule has 1 saturated heterocycles. The minimum absolute atomic E-state index is 0.221. The monoisotopic (exact) mass is 395 g/mol. The molecule has 0 radical (unpaired) electrons. The van der Waals surface area contributed by atoms with E-state index in [4.69, 9.17) is 40.2 Å². The SMILES string of the molecule is O=C1NC(=S)S/C1=C/c1cc(Cl)c(OCc2ccccc2)c(Cl)c1. The highest BCUT2D eigenvalue weighted by atomic mass is 35.5. The molecule has 1 fully saturated rings. The molecule has 3 nitrogen and oxygen atoms in total. The Morgan fingerprint density at radius 1 is 1.17 bits per heavy atom. The topological polar surface area (TPSA) is 38.3 Å². The number of halogens is 2. The lowest BCUT2D eigenvalue weighted by Crippen LogP contribution is -2.17. The zero-order chi connectivity index (χ0) is 17.1. The van der Waals surface area contributed by atoms with Gasteiger partial charge >= 0.3 is 0 Å². The zero-order valence-corrected chi connectivity index (χ0v) is 15.4. The van der Waals surface area contributed by atoms with Gasteiger partial charge in [0.2, 0.25) is 0 Å². The maximum atomic E-state index is 11.7. The van der Waals surface area contributed by atoms with Gasteiger partial charge < -0.3 is 10.1 Å². The van der Waals surface area contributed by atoms with Gasteiger partial charge in [0.25, 0.3) is 5.91 Å². The van der Waals surface area contributed by atoms with Gasteiger partial charge in [0.1, 0.15) is 10.9 Å². The summed E-state index contributed by atoms with van der Waals surface area (Å²) in [4.78, 5) is 12.2. The molecule has 1 aliphatic rings. The maximum absolute atomic E-state index is 11.7. The Morgan fingerprint density at radius 3 is 2.42 bits per heavy atom. The summed E-state index contributed by atoms with van der Waals surface area (Å²) in [5.41, 5.74) is 1.72. The fourth-order valence-corrected chi connectivity index (χ4v) is 3.76. The molecule has 1 heterocycles. The molecule has 3 rings (SSSR count). The summed E-state index contributed by atoms with van der Waals surface area (Å²) in [5, 5.41) is 3.33. The number of benzene rings is 2. The van der Waals surface area contributed by atoms with Crippen LogP contribution in [0.4, 0.5) is 0 Å². The summed E-state index contributed by atoms with van der Waals surface area (Å²) in [6, 6.07) is 13.1. The normalized spacial score (nSPS) is 15.7. The first kappa shape index (κ1) is 17.3. The lowest BCUT2D eigenvalue weighted by molar-refractivity contribution is -0.115. The van der Waals surface area contributed by atoms with Crippen LogP contribution >= 0.6 is 47.2 Å². The average molecular weight is 396 g/mol. The van der Waals surface area contributed by atoms with Gasteiger partial charge in [-0.2, -0.15) is 0 Å². The standard InChI is InChI=1S/C17H11Cl2NO2S2/c18-12-6-11(8-14-16(21)20-17(23)24-14)7-13(19)15(12)22-9-10-4-2-1-3-5-10/h1-8H,9H2,(H,20,21,23)/b14-8+. The molecule has 1 N–H and O–H groups in total. The van der Waals surface area contributed by atoms with Crippen molar-refractivity contribution in [2.45, 2.75) is 6.61 Å². The smallest absolute Gasteiger partial charge is 0.263 e. The Kier molecular flexibility index (Phi) is 5.46. The highest BCUT2D eigenvalue weighted by Gasteiger charge is 2.22. The van der Waals surface area contributed by atoms with Gasteiger partial charge in [-0.3, -0.25) is 4.79 Å². The van der Waals surface area contributed by atoms with Crippen LogP contribution in [0.25, 0.3) is 6.08 Å². The Balaban J connectivity index is 1.80. The fraction of sp³-hybridized carbons (Fsp3) is 0.0588. The van der Waals surface area contributed by atoms with Crippen molar-refractivity contribution in [3.63, 3.8) is 0 Å². The summed E-state index contributed by atoms with van der Waals surface area (Å²) in [6.45, 7) is 0.368. The lowest BCUT2D eigenvalue weighted by Gasteiger charge is -2.11. The van der Waals surface area contributed by atoms with Gasteiger partial charge in [0.15, 0.2) is 5.75 Å². The van der Waals surface area contributed by atoms with Gasteiger partial charge in [-0.25, -0.2) is 0 Å². The number of nitrogens with one attached hydrogen (secondary N) is 1. The molecule has 1 amide bonds. The highest BCUT2D eigenvalue weighted by Crippen LogP contribution is 2.36. The van der Waals surface area contributed by atoms with Gasteiger partial charge in [-0.15, -0.1) is 0 Å². The van der Waals surface area contributed by atoms with Crippen LogP contribution in [-0.2, 0) is 11.4 Å². The summed E-state index contributed by atoms with van der Waals surface area (Å²) >= 11 is 18.7. The molecule has 24 heavy (non-hydrogen) atoms. The molecule has 1 aliphatic heterocycles. The molecule has 0 saturated carbocycles. The molecule has 0 atom stereocenters. The van der Waals surface area contributed by atoms with Crippen LogP contribution in [0.15, 0.2) is 47.4 Å². The zero-order valence-electron chi connectivity index (χ0n) is 12.2. The summed E-state index contributed by atoms with van der Waals surface area (Å²) in [7, 11) is 0. The maximum Gasteiger partial charge on any atom is 0.263 e. The number of thiocarbonyl (C=S) groups is 1. The van der Waals surface area contributed by atoms with Crippen LogP contribution < -0.4 is 10.1 Å². The van der Waals surface area contributed by atoms with Gasteiger partial charge in [-0.05, 0) is 29.3 Å². The summed E-state index contributed by atoms with van der Waals surface area (Å²) in [5.74, 6) is 0.199. The first-order valence-corrected chi connectivity index (χ1v) is 8.91. The third kappa shape index (κ3) is 4.11. The number of ether oxygens (including phenoxy) is 1. The molecule has 0 bridgehead atoms. The van der Waals surface area contributed by atoms with Crippen molar-refractivity contribution in [2.75, 3.05) is 0 Å². The Labute approximate surface area is 159 Å². The van der Waals surface area contributed by atoms with E-state index in [9.17, 15) is 4.79 Å². The largest absolute Gasteiger partial charge is 0.486 e. The predicted molar refractivity (Wildman–Crippen MR) is 104 cm³/mol. The Morgan fingerprint density at radius 2 is 1.83 bits per heavy atom. The van der Waals surface area contributed by atoms with Crippen molar-refractivity contribution in [2.24, 2.45) is 0 Å². The van der Waals surface area contributed by atoms with E-state index in [1.807, 2.05) is 30.3 Å². The number of carbonyl (C=O) groups excluding carboxylic acids is 1. The number of amides is 1. The summed E-state index contributed by atoms with van der Waals surface area (Å²) < 4.78 is 6.16. The van der Waals surface area contributed by atoms with E-state index >= 15 is 0 Å². The van der Waals surface area contributed by atoms with Crippen molar-refractivity contribution in [3.8, 4) is 5.75 Å². The van der Waals surface area contributed by atoms with Gasteiger partial charge in [-0.1, -0.05) is 77.5 Å². The average Bonchev–Trinajstić information content (AvgIpc) is 2.85. The van der Waals surface area contributed by atoms with Crippen LogP contribution in [-0.4, -0.2) is 10.2 Å². The molecule has 2 aromatic carbocycles. The van der Waals surface area contributed by atoms with Crippen molar-refractivity contribution in [1.82, 2.24) is 5.32 Å². The Hall–Kier alpha value is -1.53. The van der Waals surface area contributed by atoms with Crippen molar-refractivity contribution >= 4 is 63.5 Å². The highest BCUT2D eigenvalue weighted by molar-refractivity contribution is 8.26. The van der Waals surface area contributed by atoms with Gasteiger partial charge in [0, 0.05) is 0 Å². The van der Waals surface area contributed by atoms with Crippen molar-refractivity contribution < 1.29 is 9.53 Å². The van der Waals surface area contributed by atoms with E-state index in [0.29, 0.717) is 37.2 Å². The first-order valence-electron chi connectivity index (χ1n) is 6.93. The van der Waals surface area contributed by atoms with E-state index in [1.54, 1.807) is 18.2 Å². The quantitative estimate of drug-likeness (QED) is 0.579. The predicted octanol–water partition coefficient (Wildman–Crippen LogP) is 5.06. The number of carbonyl (C=O) groups is 1. The molecule has 0 unspecified atom stereocenters. The number of rotatable bonds is 4. The second-order valence-electron chi connectivity index (χ2n) is 4.94. The second kappa shape index (κ2) is 7.57. The molecule has 122 valence electrons. The van der Waals surface area contributed by atoms with E-state index in [0.717, 1.165) is 5.56 Å². The van der Waals surface area contributed by atoms with Crippen LogP contribution in [0.2, 0.25) is 10.0 Å². The number of hydrogen-bond donors (Lipinski definition) is 1. The first-order chi connectivity index (χ1) is 11.5. The third-order valence-electron chi connectivity index (χ3n) is 3.19. The number of hydrogen-bond acceptors (Lipinski definition) is 4. The third-order valence-corrected chi connectivity index (χ3v) is 4.91. The summed E-state index contributed by atoms with van der Waals surface area (Å²) in [6.07, 6.45) is 1.69. The van der Waals surface area contributed by atoms with Gasteiger partial charge in [0.05, 0.1) is 15.0 Å². The van der Waals surface area contributed by atoms with Crippen LogP contribution in [0.5, 0.6) is 5.75 Å². The van der Waals surface area contributed by atoms with E-state index in [-0.39, 0.29) is 5.91 Å². The molecular weight excluding hydrogens is 385 g/mol. The van der Waals surface area contributed by atoms with E-state index in [2.05, 4.69) is 5.32 Å². The minimum Gasteiger partial charge on any atom is -0.486 e. The molecule has 7 heteroatoms. The Bertz CT molecular complexity index is 815. The van der Waals surface area contributed by atoms with E-state index < -0.39 is 0 Å².